The van der Waals surface area contributed by atoms with Crippen LogP contribution in [0, 0.1) is 0 Å². The number of hydrogen-bond acceptors (Lipinski definition) is 6. The first kappa shape index (κ1) is 23.7. The summed E-state index contributed by atoms with van der Waals surface area (Å²) >= 11 is 1.29. The Morgan fingerprint density at radius 3 is 2.56 bits per heavy atom. The lowest BCUT2D eigenvalue weighted by atomic mass is 9.96. The summed E-state index contributed by atoms with van der Waals surface area (Å²) in [6, 6.07) is 6.55. The Hall–Kier alpha value is -2.94. The molecule has 3 rings (SSSR count). The van der Waals surface area contributed by atoms with Crippen LogP contribution in [0.25, 0.3) is 0 Å². The number of unbranched alkanes of at least 4 members (excludes halogenated alkanes) is 1. The third kappa shape index (κ3) is 7.64. The molecule has 1 fully saturated rings. The number of ether oxygens (including phenoxy) is 1. The smallest absolute Gasteiger partial charge is 0.338 e. The molecule has 1 aromatic heterocycles. The first-order chi connectivity index (χ1) is 15.5. The van der Waals surface area contributed by atoms with Crippen LogP contribution in [0.2, 0.25) is 0 Å². The minimum atomic E-state index is -0.369. The molecule has 1 aliphatic carbocycles. The molecule has 1 aromatic carbocycles. The van der Waals surface area contributed by atoms with E-state index in [9.17, 15) is 14.4 Å². The van der Waals surface area contributed by atoms with E-state index in [0.29, 0.717) is 28.7 Å². The first-order valence-electron chi connectivity index (χ1n) is 11.1. The van der Waals surface area contributed by atoms with Crippen molar-refractivity contribution in [2.24, 2.45) is 0 Å². The van der Waals surface area contributed by atoms with Crippen molar-refractivity contribution >= 4 is 40.1 Å². The van der Waals surface area contributed by atoms with E-state index >= 15 is 0 Å². The molecule has 0 aliphatic heterocycles. The van der Waals surface area contributed by atoms with Gasteiger partial charge < -0.3 is 15.4 Å². The maximum absolute atomic E-state index is 12.3. The van der Waals surface area contributed by atoms with Crippen LogP contribution >= 0.6 is 11.3 Å². The van der Waals surface area contributed by atoms with Gasteiger partial charge in [-0.1, -0.05) is 32.6 Å². The number of nitrogens with one attached hydrogen (secondary N) is 3. The van der Waals surface area contributed by atoms with E-state index in [1.807, 2.05) is 6.92 Å². The first-order valence-corrected chi connectivity index (χ1v) is 12.0. The van der Waals surface area contributed by atoms with Crippen molar-refractivity contribution in [3.05, 3.63) is 40.9 Å². The van der Waals surface area contributed by atoms with Crippen molar-refractivity contribution in [1.82, 2.24) is 10.3 Å². The van der Waals surface area contributed by atoms with Gasteiger partial charge in [-0.2, -0.15) is 0 Å². The lowest BCUT2D eigenvalue weighted by Gasteiger charge is -2.22. The summed E-state index contributed by atoms with van der Waals surface area (Å²) in [5.41, 5.74) is 1.61. The second kappa shape index (κ2) is 12.2. The number of hydrogen-bond donors (Lipinski definition) is 3. The number of aromatic nitrogens is 1. The number of rotatable bonds is 9. The Kier molecular flexibility index (Phi) is 9.03. The zero-order chi connectivity index (χ0) is 22.8. The normalized spacial score (nSPS) is 13.9. The van der Waals surface area contributed by atoms with E-state index < -0.39 is 0 Å². The van der Waals surface area contributed by atoms with Crippen molar-refractivity contribution in [3.63, 3.8) is 0 Å². The molecule has 32 heavy (non-hydrogen) atoms. The maximum atomic E-state index is 12.3. The topological polar surface area (TPSA) is 109 Å². The van der Waals surface area contributed by atoms with Crippen LogP contribution in [0.15, 0.2) is 29.6 Å². The van der Waals surface area contributed by atoms with Gasteiger partial charge >= 0.3 is 12.0 Å². The molecule has 8 nitrogen and oxygen atoms in total. The number of anilines is 2. The lowest BCUT2D eigenvalue weighted by Crippen LogP contribution is -2.39. The van der Waals surface area contributed by atoms with Gasteiger partial charge in [-0.15, -0.1) is 11.3 Å². The number of carbonyl (C=O) groups excluding carboxylic acids is 3. The van der Waals surface area contributed by atoms with Crippen molar-refractivity contribution in [3.8, 4) is 0 Å². The lowest BCUT2D eigenvalue weighted by molar-refractivity contribution is -0.115. The van der Waals surface area contributed by atoms with Crippen LogP contribution in [0.5, 0.6) is 0 Å². The largest absolute Gasteiger partial charge is 0.462 e. The molecule has 0 unspecified atom stereocenters. The number of urea groups is 1. The number of benzene rings is 1. The van der Waals surface area contributed by atoms with Gasteiger partial charge in [0.2, 0.25) is 5.91 Å². The van der Waals surface area contributed by atoms with Crippen LogP contribution in [-0.2, 0) is 16.0 Å². The number of nitrogens with zero attached hydrogens (tertiary/aromatic N) is 1. The van der Waals surface area contributed by atoms with Crippen molar-refractivity contribution < 1.29 is 19.1 Å². The molecule has 1 saturated carbocycles. The molecule has 3 N–H and O–H groups in total. The van der Waals surface area contributed by atoms with Crippen LogP contribution in [0.1, 0.15) is 67.9 Å². The van der Waals surface area contributed by atoms with Gasteiger partial charge in [0.25, 0.3) is 0 Å². The van der Waals surface area contributed by atoms with E-state index in [0.717, 1.165) is 38.5 Å². The zero-order valence-corrected chi connectivity index (χ0v) is 19.1. The van der Waals surface area contributed by atoms with E-state index in [4.69, 9.17) is 4.74 Å². The Morgan fingerprint density at radius 2 is 1.84 bits per heavy atom. The summed E-state index contributed by atoms with van der Waals surface area (Å²) in [7, 11) is 0. The van der Waals surface area contributed by atoms with Crippen LogP contribution in [0.4, 0.5) is 15.6 Å². The molecule has 9 heteroatoms. The third-order valence-electron chi connectivity index (χ3n) is 5.19. The van der Waals surface area contributed by atoms with E-state index in [1.165, 1.54) is 17.8 Å². The molecule has 0 saturated heterocycles. The van der Waals surface area contributed by atoms with Gasteiger partial charge in [-0.3, -0.25) is 10.1 Å². The summed E-state index contributed by atoms with van der Waals surface area (Å²) in [4.78, 5) is 40.7. The van der Waals surface area contributed by atoms with Gasteiger partial charge in [-0.05, 0) is 43.5 Å². The molecule has 172 valence electrons. The highest BCUT2D eigenvalue weighted by Gasteiger charge is 2.17. The third-order valence-corrected chi connectivity index (χ3v) is 6.00. The molecule has 3 amide bonds. The summed E-state index contributed by atoms with van der Waals surface area (Å²) in [5, 5.41) is 10.7. The average molecular weight is 459 g/mol. The minimum Gasteiger partial charge on any atom is -0.462 e. The Labute approximate surface area is 192 Å². The van der Waals surface area contributed by atoms with E-state index in [2.05, 4.69) is 20.9 Å². The van der Waals surface area contributed by atoms with Crippen molar-refractivity contribution in [1.29, 1.82) is 0 Å². The van der Waals surface area contributed by atoms with Crippen molar-refractivity contribution in [2.45, 2.75) is 64.3 Å². The average Bonchev–Trinajstić information content (AvgIpc) is 3.21. The molecule has 1 aliphatic rings. The predicted molar refractivity (Wildman–Crippen MR) is 125 cm³/mol. The van der Waals surface area contributed by atoms with Gasteiger partial charge in [0.15, 0.2) is 5.13 Å². The molecule has 0 spiro atoms. The van der Waals surface area contributed by atoms with Gasteiger partial charge in [-0.25, -0.2) is 14.6 Å². The van der Waals surface area contributed by atoms with Gasteiger partial charge in [0, 0.05) is 17.1 Å². The Balaban J connectivity index is 1.43. The summed E-state index contributed by atoms with van der Waals surface area (Å²) in [5.74, 6) is -0.599. The second-order valence-corrected chi connectivity index (χ2v) is 8.73. The molecular weight excluding hydrogens is 428 g/mol. The highest BCUT2D eigenvalue weighted by atomic mass is 32.1. The second-order valence-electron chi connectivity index (χ2n) is 7.87. The summed E-state index contributed by atoms with van der Waals surface area (Å²) in [6.07, 6.45) is 7.42. The van der Waals surface area contributed by atoms with Crippen LogP contribution in [0.3, 0.4) is 0 Å². The predicted octanol–water partition coefficient (Wildman–Crippen LogP) is 4.74. The fourth-order valence-electron chi connectivity index (χ4n) is 3.46. The number of carbonyl (C=O) groups is 3. The molecule has 2 aromatic rings. The van der Waals surface area contributed by atoms with Gasteiger partial charge in [0.05, 0.1) is 24.3 Å². The quantitative estimate of drug-likeness (QED) is 0.372. The summed E-state index contributed by atoms with van der Waals surface area (Å²) < 4.78 is 5.17. The molecule has 0 radical (unpaired) electrons. The summed E-state index contributed by atoms with van der Waals surface area (Å²) in [6.45, 7) is 2.43. The van der Waals surface area contributed by atoms with E-state index in [-0.39, 0.29) is 30.4 Å². The van der Waals surface area contributed by atoms with Crippen molar-refractivity contribution in [2.75, 3.05) is 17.2 Å². The minimum absolute atomic E-state index is 0.0865. The monoisotopic (exact) mass is 458 g/mol. The van der Waals surface area contributed by atoms with Gasteiger partial charge in [0.1, 0.15) is 0 Å². The van der Waals surface area contributed by atoms with Crippen LogP contribution in [-0.4, -0.2) is 35.5 Å². The maximum Gasteiger partial charge on any atom is 0.338 e. The number of amides is 3. The highest BCUT2D eigenvalue weighted by Crippen LogP contribution is 2.19. The molecule has 0 bridgehead atoms. The fraction of sp³-hybridized carbons (Fsp3) is 0.478. The fourth-order valence-corrected chi connectivity index (χ4v) is 4.17. The molecular formula is C23H30N4O4S. The molecule has 1 heterocycles. The molecule has 0 atom stereocenters. The number of thiazole rings is 1. The highest BCUT2D eigenvalue weighted by molar-refractivity contribution is 7.13. The van der Waals surface area contributed by atoms with E-state index in [1.54, 1.807) is 29.6 Å². The Bertz CT molecular complexity index is 907. The SMILES string of the molecule is CCCCOC(=O)c1ccc(NC(=O)Cc2csc(NC(=O)NC3CCCCC3)n2)cc1. The standard InChI is InChI=1S/C23H30N4O4S/c1-2-3-13-31-21(29)16-9-11-18(12-10-16)24-20(28)14-19-15-32-23(26-19)27-22(30)25-17-7-5-4-6-8-17/h9-12,15,17H,2-8,13-14H2,1H3,(H,24,28)(H2,25,26,27,30). The Morgan fingerprint density at radius 1 is 1.09 bits per heavy atom. The van der Waals surface area contributed by atoms with Crippen LogP contribution < -0.4 is 16.0 Å². The zero-order valence-electron chi connectivity index (χ0n) is 18.3. The number of esters is 1.